The van der Waals surface area contributed by atoms with Gasteiger partial charge in [0.2, 0.25) is 10.0 Å². The van der Waals surface area contributed by atoms with Gasteiger partial charge in [0.1, 0.15) is 4.90 Å². The van der Waals surface area contributed by atoms with Crippen molar-refractivity contribution in [1.82, 2.24) is 9.62 Å². The van der Waals surface area contributed by atoms with Crippen LogP contribution in [-0.4, -0.2) is 39.0 Å². The Morgan fingerprint density at radius 2 is 2.19 bits per heavy atom. The van der Waals surface area contributed by atoms with Crippen LogP contribution in [0, 0.1) is 5.92 Å². The van der Waals surface area contributed by atoms with E-state index in [0.29, 0.717) is 23.5 Å². The molecule has 118 valence electrons. The number of nitrogens with two attached hydrogens (primary N) is 1. The van der Waals surface area contributed by atoms with E-state index in [1.54, 1.807) is 6.07 Å². The van der Waals surface area contributed by atoms with E-state index >= 15 is 0 Å². The third kappa shape index (κ3) is 4.10. The summed E-state index contributed by atoms with van der Waals surface area (Å²) in [4.78, 5) is 2.40. The molecule has 5 nitrogen and oxygen atoms in total. The van der Waals surface area contributed by atoms with E-state index in [1.807, 2.05) is 0 Å². The number of halogens is 1. The molecule has 2 rings (SSSR count). The Kier molecular flexibility index (Phi) is 5.14. The minimum absolute atomic E-state index is 0.0497. The summed E-state index contributed by atoms with van der Waals surface area (Å²) in [6.45, 7) is 6.67. The lowest BCUT2D eigenvalue weighted by atomic mass is 10.1. The van der Waals surface area contributed by atoms with Crippen LogP contribution >= 0.6 is 11.6 Å². The first-order valence-corrected chi connectivity index (χ1v) is 8.94. The van der Waals surface area contributed by atoms with Crippen molar-refractivity contribution >= 4 is 27.3 Å². The molecule has 0 bridgehead atoms. The van der Waals surface area contributed by atoms with E-state index in [1.165, 1.54) is 12.1 Å². The average molecular weight is 332 g/mol. The normalized spacial score (nSPS) is 20.3. The SMILES string of the molecule is CC(C)N1CCC(CNS(=O)(=O)c2cc(Cl)ccc2N)C1. The lowest BCUT2D eigenvalue weighted by molar-refractivity contribution is 0.265. The van der Waals surface area contributed by atoms with Gasteiger partial charge in [-0.2, -0.15) is 0 Å². The van der Waals surface area contributed by atoms with Gasteiger partial charge in [-0.3, -0.25) is 0 Å². The van der Waals surface area contributed by atoms with E-state index < -0.39 is 10.0 Å². The second-order valence-corrected chi connectivity index (χ2v) is 7.95. The van der Waals surface area contributed by atoms with Gasteiger partial charge in [0.15, 0.2) is 0 Å². The first-order chi connectivity index (χ1) is 9.79. The molecule has 1 aliphatic heterocycles. The van der Waals surface area contributed by atoms with Gasteiger partial charge in [0.25, 0.3) is 0 Å². The van der Waals surface area contributed by atoms with Crippen LogP contribution < -0.4 is 10.5 Å². The average Bonchev–Trinajstić information content (AvgIpc) is 2.88. The summed E-state index contributed by atoms with van der Waals surface area (Å²) in [7, 11) is -3.62. The Hall–Kier alpha value is -0.820. The molecule has 1 saturated heterocycles. The van der Waals surface area contributed by atoms with Crippen LogP contribution in [0.1, 0.15) is 20.3 Å². The van der Waals surface area contributed by atoms with Gasteiger partial charge in [0.05, 0.1) is 5.69 Å². The molecule has 0 aromatic heterocycles. The zero-order valence-corrected chi connectivity index (χ0v) is 13.9. The third-order valence-corrected chi connectivity index (χ3v) is 5.59. The molecular weight excluding hydrogens is 310 g/mol. The topological polar surface area (TPSA) is 75.4 Å². The maximum Gasteiger partial charge on any atom is 0.242 e. The van der Waals surface area contributed by atoms with Crippen molar-refractivity contribution in [3.05, 3.63) is 23.2 Å². The highest BCUT2D eigenvalue weighted by Gasteiger charge is 2.26. The van der Waals surface area contributed by atoms with Crippen molar-refractivity contribution in [3.63, 3.8) is 0 Å². The quantitative estimate of drug-likeness (QED) is 0.808. The summed E-state index contributed by atoms with van der Waals surface area (Å²) < 4.78 is 27.3. The minimum atomic E-state index is -3.62. The Labute approximate surface area is 131 Å². The van der Waals surface area contributed by atoms with Gasteiger partial charge < -0.3 is 10.6 Å². The number of likely N-dealkylation sites (tertiary alicyclic amines) is 1. The van der Waals surface area contributed by atoms with Crippen LogP contribution in [0.25, 0.3) is 0 Å². The molecule has 1 aliphatic rings. The molecular formula is C14H22ClN3O2S. The number of anilines is 1. The number of benzene rings is 1. The van der Waals surface area contributed by atoms with E-state index in [9.17, 15) is 8.42 Å². The lowest BCUT2D eigenvalue weighted by Crippen LogP contribution is -2.33. The second kappa shape index (κ2) is 6.52. The number of sulfonamides is 1. The zero-order valence-electron chi connectivity index (χ0n) is 12.3. The molecule has 7 heteroatoms. The molecule has 1 unspecified atom stereocenters. The van der Waals surface area contributed by atoms with E-state index in [2.05, 4.69) is 23.5 Å². The first kappa shape index (κ1) is 16.5. The van der Waals surface area contributed by atoms with E-state index in [4.69, 9.17) is 17.3 Å². The van der Waals surface area contributed by atoms with Crippen LogP contribution in [0.3, 0.4) is 0 Å². The maximum absolute atomic E-state index is 12.3. The first-order valence-electron chi connectivity index (χ1n) is 7.08. The molecule has 1 heterocycles. The van der Waals surface area contributed by atoms with Crippen LogP contribution in [0.15, 0.2) is 23.1 Å². The lowest BCUT2D eigenvalue weighted by Gasteiger charge is -2.20. The number of hydrogen-bond acceptors (Lipinski definition) is 4. The molecule has 0 amide bonds. The maximum atomic E-state index is 12.3. The van der Waals surface area contributed by atoms with Gasteiger partial charge in [0, 0.05) is 24.2 Å². The van der Waals surface area contributed by atoms with Gasteiger partial charge in [-0.05, 0) is 50.9 Å². The van der Waals surface area contributed by atoms with Crippen molar-refractivity contribution in [3.8, 4) is 0 Å². The van der Waals surface area contributed by atoms with Crippen molar-refractivity contribution in [2.24, 2.45) is 5.92 Å². The van der Waals surface area contributed by atoms with Crippen molar-refractivity contribution in [1.29, 1.82) is 0 Å². The van der Waals surface area contributed by atoms with Crippen molar-refractivity contribution in [2.75, 3.05) is 25.4 Å². The van der Waals surface area contributed by atoms with Crippen molar-refractivity contribution in [2.45, 2.75) is 31.2 Å². The summed E-state index contributed by atoms with van der Waals surface area (Å²) >= 11 is 5.85. The van der Waals surface area contributed by atoms with Gasteiger partial charge in [-0.15, -0.1) is 0 Å². The van der Waals surface area contributed by atoms with Crippen LogP contribution in [0.2, 0.25) is 5.02 Å². The predicted octanol–water partition coefficient (Wildman–Crippen LogP) is 1.93. The molecule has 1 atom stereocenters. The molecule has 1 aromatic rings. The fourth-order valence-electron chi connectivity index (χ4n) is 2.54. The van der Waals surface area contributed by atoms with Crippen LogP contribution in [0.5, 0.6) is 0 Å². The van der Waals surface area contributed by atoms with Crippen LogP contribution in [-0.2, 0) is 10.0 Å². The number of nitrogen functional groups attached to an aromatic ring is 1. The highest BCUT2D eigenvalue weighted by Crippen LogP contribution is 2.23. The Morgan fingerprint density at radius 1 is 1.48 bits per heavy atom. The van der Waals surface area contributed by atoms with Crippen molar-refractivity contribution < 1.29 is 8.42 Å². The molecule has 0 aliphatic carbocycles. The molecule has 1 aromatic carbocycles. The Bertz CT molecular complexity index is 604. The number of hydrogen-bond donors (Lipinski definition) is 2. The fraction of sp³-hybridized carbons (Fsp3) is 0.571. The van der Waals surface area contributed by atoms with Gasteiger partial charge in [-0.25, -0.2) is 13.1 Å². The Morgan fingerprint density at radius 3 is 2.81 bits per heavy atom. The summed E-state index contributed by atoms with van der Waals surface area (Å²) in [5.41, 5.74) is 5.95. The minimum Gasteiger partial charge on any atom is -0.398 e. The monoisotopic (exact) mass is 331 g/mol. The summed E-state index contributed by atoms with van der Waals surface area (Å²) in [6.07, 6.45) is 1.01. The third-order valence-electron chi connectivity index (χ3n) is 3.87. The van der Waals surface area contributed by atoms with Gasteiger partial charge >= 0.3 is 0 Å². The smallest absolute Gasteiger partial charge is 0.242 e. The zero-order chi connectivity index (χ0) is 15.6. The van der Waals surface area contributed by atoms with E-state index in [-0.39, 0.29) is 10.6 Å². The predicted molar refractivity (Wildman–Crippen MR) is 85.9 cm³/mol. The molecule has 3 N–H and O–H groups in total. The molecule has 0 saturated carbocycles. The molecule has 0 spiro atoms. The highest BCUT2D eigenvalue weighted by atomic mass is 35.5. The van der Waals surface area contributed by atoms with Crippen LogP contribution in [0.4, 0.5) is 5.69 Å². The molecule has 1 fully saturated rings. The standard InChI is InChI=1S/C14H22ClN3O2S/c1-10(2)18-6-5-11(9-18)8-17-21(19,20)14-7-12(15)3-4-13(14)16/h3-4,7,10-11,17H,5-6,8-9,16H2,1-2H3. The molecule has 0 radical (unpaired) electrons. The van der Waals surface area contributed by atoms with E-state index in [0.717, 1.165) is 19.5 Å². The fourth-order valence-corrected chi connectivity index (χ4v) is 4.05. The number of nitrogens with one attached hydrogen (secondary N) is 1. The Balaban J connectivity index is 2.01. The highest BCUT2D eigenvalue weighted by molar-refractivity contribution is 7.89. The molecule has 21 heavy (non-hydrogen) atoms. The largest absolute Gasteiger partial charge is 0.398 e. The second-order valence-electron chi connectivity index (χ2n) is 5.78. The van der Waals surface area contributed by atoms with Gasteiger partial charge in [-0.1, -0.05) is 11.6 Å². The summed E-state index contributed by atoms with van der Waals surface area (Å²) in [5, 5.41) is 0.358. The summed E-state index contributed by atoms with van der Waals surface area (Å²) in [6, 6.07) is 4.96. The summed E-state index contributed by atoms with van der Waals surface area (Å²) in [5.74, 6) is 0.336. The number of rotatable bonds is 5. The number of nitrogens with zero attached hydrogens (tertiary/aromatic N) is 1.